The molecule has 0 spiro atoms. The van der Waals surface area contributed by atoms with E-state index in [2.05, 4.69) is 4.98 Å². The Morgan fingerprint density at radius 2 is 2.00 bits per heavy atom. The summed E-state index contributed by atoms with van der Waals surface area (Å²) >= 11 is 0. The summed E-state index contributed by atoms with van der Waals surface area (Å²) in [6.07, 6.45) is 6.10. The van der Waals surface area contributed by atoms with Gasteiger partial charge < -0.3 is 10.0 Å². The second-order valence-electron chi connectivity index (χ2n) is 8.62. The van der Waals surface area contributed by atoms with Crippen LogP contribution in [0.25, 0.3) is 0 Å². The first-order valence-corrected chi connectivity index (χ1v) is 12.1. The van der Waals surface area contributed by atoms with Crippen LogP contribution in [0.1, 0.15) is 38.5 Å². The fraction of sp³-hybridized carbons (Fsp3) is 0.524. The topological polar surface area (TPSA) is 117 Å². The molecule has 1 atom stereocenters. The van der Waals surface area contributed by atoms with Gasteiger partial charge in [-0.05, 0) is 49.8 Å². The van der Waals surface area contributed by atoms with Gasteiger partial charge in [0.25, 0.3) is 10.0 Å². The summed E-state index contributed by atoms with van der Waals surface area (Å²) in [7, 11) is -4.09. The fourth-order valence-electron chi connectivity index (χ4n) is 4.32. The number of sulfonamides is 1. The van der Waals surface area contributed by atoms with Crippen LogP contribution in [0.3, 0.4) is 0 Å². The highest BCUT2D eigenvalue weighted by atomic mass is 32.2. The lowest BCUT2D eigenvalue weighted by Gasteiger charge is -2.44. The van der Waals surface area contributed by atoms with Crippen molar-refractivity contribution in [1.82, 2.24) is 9.88 Å². The maximum Gasteiger partial charge on any atom is 0.335 e. The smallest absolute Gasteiger partial charge is 0.335 e. The lowest BCUT2D eigenvalue weighted by molar-refractivity contribution is -0.133. The van der Waals surface area contributed by atoms with Crippen LogP contribution >= 0.6 is 0 Å². The van der Waals surface area contributed by atoms with Gasteiger partial charge >= 0.3 is 5.97 Å². The van der Waals surface area contributed by atoms with Crippen LogP contribution in [0.4, 0.5) is 14.5 Å². The minimum Gasteiger partial charge on any atom is -0.478 e. The Bertz CT molecular complexity index is 1070. The Kier molecular flexibility index (Phi) is 6.08. The molecule has 2 fully saturated rings. The van der Waals surface area contributed by atoms with E-state index in [1.165, 1.54) is 18.3 Å². The average Bonchev–Trinajstić information content (AvgIpc) is 3.54. The molecular formula is C21H26F2N4O4S. The number of alkyl halides is 2. The fourth-order valence-corrected chi connectivity index (χ4v) is 4.81. The first-order valence-electron chi connectivity index (χ1n) is 10.6. The second-order valence-corrected chi connectivity index (χ2v) is 10.1. The number of nitrogens with two attached hydrogens (primary N) is 1. The number of likely N-dealkylation sites (tertiary alicyclic amines) is 1. The normalized spacial score (nSPS) is 24.5. The van der Waals surface area contributed by atoms with Crippen LogP contribution < -0.4 is 10.0 Å². The van der Waals surface area contributed by atoms with Crippen LogP contribution in [0.5, 0.6) is 0 Å². The SMILES string of the molecule is NS(=O)(=O)c1cc(N2C(CC3CC3)=CC=C(C(=O)O)C2N2CCCC(F)(F)CC2)ccn1. The number of halogens is 2. The molecule has 2 aliphatic heterocycles. The van der Waals surface area contributed by atoms with E-state index >= 15 is 0 Å². The van der Waals surface area contributed by atoms with Gasteiger partial charge in [-0.3, -0.25) is 4.90 Å². The summed E-state index contributed by atoms with van der Waals surface area (Å²) in [6.45, 7) is 0.313. The molecule has 0 aromatic carbocycles. The number of anilines is 1. The van der Waals surface area contributed by atoms with Crippen LogP contribution in [-0.4, -0.2) is 54.6 Å². The zero-order chi connectivity index (χ0) is 23.1. The minimum atomic E-state index is -4.09. The summed E-state index contributed by atoms with van der Waals surface area (Å²) in [5.41, 5.74) is 1.26. The van der Waals surface area contributed by atoms with Gasteiger partial charge in [0.2, 0.25) is 5.92 Å². The number of aliphatic carboxylic acids is 1. The van der Waals surface area contributed by atoms with E-state index in [4.69, 9.17) is 5.14 Å². The highest BCUT2D eigenvalue weighted by Gasteiger charge is 2.41. The van der Waals surface area contributed by atoms with Crippen LogP contribution in [0.15, 0.2) is 46.8 Å². The number of primary sulfonamides is 1. The van der Waals surface area contributed by atoms with Gasteiger partial charge in [0, 0.05) is 49.6 Å². The third-order valence-electron chi connectivity index (χ3n) is 6.12. The minimum absolute atomic E-state index is 0.0165. The highest BCUT2D eigenvalue weighted by molar-refractivity contribution is 7.89. The van der Waals surface area contributed by atoms with Gasteiger partial charge in [-0.2, -0.15) is 0 Å². The number of carboxylic acid groups (broad SMARTS) is 1. The first kappa shape index (κ1) is 22.8. The Morgan fingerprint density at radius 3 is 2.66 bits per heavy atom. The number of rotatable bonds is 6. The number of carbonyl (C=O) groups is 1. The van der Waals surface area contributed by atoms with Crippen molar-refractivity contribution in [2.24, 2.45) is 11.1 Å². The lowest BCUT2D eigenvalue weighted by Crippen LogP contribution is -2.52. The molecule has 0 bridgehead atoms. The lowest BCUT2D eigenvalue weighted by atomic mass is 10.0. The highest BCUT2D eigenvalue weighted by Crippen LogP contribution is 2.41. The van der Waals surface area contributed by atoms with Crippen molar-refractivity contribution in [2.75, 3.05) is 18.0 Å². The Hall–Kier alpha value is -2.37. The van der Waals surface area contributed by atoms with Gasteiger partial charge in [-0.1, -0.05) is 0 Å². The van der Waals surface area contributed by atoms with E-state index in [1.54, 1.807) is 21.9 Å². The Morgan fingerprint density at radius 1 is 1.25 bits per heavy atom. The van der Waals surface area contributed by atoms with Gasteiger partial charge in [-0.15, -0.1) is 0 Å². The molecular weight excluding hydrogens is 442 g/mol. The molecule has 1 saturated carbocycles. The number of aromatic nitrogens is 1. The van der Waals surface area contributed by atoms with E-state index in [-0.39, 0.29) is 36.4 Å². The monoisotopic (exact) mass is 468 g/mol. The summed E-state index contributed by atoms with van der Waals surface area (Å²) in [6, 6.07) is 2.89. The molecule has 8 nitrogen and oxygen atoms in total. The van der Waals surface area contributed by atoms with Crippen molar-refractivity contribution in [2.45, 2.75) is 55.6 Å². The van der Waals surface area contributed by atoms with Gasteiger partial charge in [0.15, 0.2) is 5.03 Å². The van der Waals surface area contributed by atoms with Crippen molar-refractivity contribution < 1.29 is 27.1 Å². The standard InChI is InChI=1S/C21H26F2N4O4S/c22-21(23)7-1-10-26(11-8-21)19-17(20(28)29)5-4-15(12-14-2-3-14)27(19)16-6-9-25-18(13-16)32(24,30)31/h4-6,9,13-14,19H,1-3,7-8,10-12H2,(H,28,29)(H2,24,30,31). The molecule has 3 heterocycles. The molecule has 11 heteroatoms. The van der Waals surface area contributed by atoms with Crippen molar-refractivity contribution in [1.29, 1.82) is 0 Å². The van der Waals surface area contributed by atoms with E-state index in [1.807, 2.05) is 0 Å². The molecule has 32 heavy (non-hydrogen) atoms. The quantitative estimate of drug-likeness (QED) is 0.659. The largest absolute Gasteiger partial charge is 0.478 e. The molecule has 1 saturated heterocycles. The molecule has 3 N–H and O–H groups in total. The predicted molar refractivity (Wildman–Crippen MR) is 113 cm³/mol. The van der Waals surface area contributed by atoms with E-state index < -0.39 is 28.1 Å². The molecule has 3 aliphatic rings. The van der Waals surface area contributed by atoms with Crippen LogP contribution in [0.2, 0.25) is 0 Å². The van der Waals surface area contributed by atoms with Crippen molar-refractivity contribution >= 4 is 21.7 Å². The number of hydrogen-bond acceptors (Lipinski definition) is 6. The van der Waals surface area contributed by atoms with Gasteiger partial charge in [0.05, 0.1) is 5.57 Å². The molecule has 174 valence electrons. The number of hydrogen-bond donors (Lipinski definition) is 2. The number of carboxylic acids is 1. The van der Waals surface area contributed by atoms with Crippen LogP contribution in [0, 0.1) is 5.92 Å². The van der Waals surface area contributed by atoms with Crippen molar-refractivity contribution in [3.63, 3.8) is 0 Å². The third-order valence-corrected chi connectivity index (χ3v) is 6.92. The van der Waals surface area contributed by atoms with Gasteiger partial charge in [0.1, 0.15) is 6.17 Å². The first-order chi connectivity index (χ1) is 15.0. The second kappa shape index (κ2) is 8.53. The van der Waals surface area contributed by atoms with Crippen LogP contribution in [-0.2, 0) is 14.8 Å². The van der Waals surface area contributed by atoms with Crippen molar-refractivity contribution in [3.8, 4) is 0 Å². The van der Waals surface area contributed by atoms with Gasteiger partial charge in [-0.25, -0.2) is 32.1 Å². The average molecular weight is 469 g/mol. The number of pyridine rings is 1. The molecule has 0 radical (unpaired) electrons. The third kappa shape index (κ3) is 5.00. The summed E-state index contributed by atoms with van der Waals surface area (Å²) in [5, 5.41) is 14.8. The summed E-state index contributed by atoms with van der Waals surface area (Å²) in [4.78, 5) is 19.5. The molecule has 1 aliphatic carbocycles. The molecule has 1 aromatic heterocycles. The molecule has 1 unspecified atom stereocenters. The maximum absolute atomic E-state index is 14.1. The molecule has 1 aromatic rings. The zero-order valence-electron chi connectivity index (χ0n) is 17.5. The number of allylic oxidation sites excluding steroid dienone is 3. The zero-order valence-corrected chi connectivity index (χ0v) is 18.3. The molecule has 0 amide bonds. The van der Waals surface area contributed by atoms with E-state index in [0.717, 1.165) is 18.5 Å². The Balaban J connectivity index is 1.80. The van der Waals surface area contributed by atoms with E-state index in [0.29, 0.717) is 24.6 Å². The molecule has 4 rings (SSSR count). The summed E-state index contributed by atoms with van der Waals surface area (Å²) in [5.74, 6) is -3.50. The van der Waals surface area contributed by atoms with E-state index in [9.17, 15) is 27.1 Å². The maximum atomic E-state index is 14.1. The Labute approximate surface area is 185 Å². The number of nitrogens with zero attached hydrogens (tertiary/aromatic N) is 3. The predicted octanol–water partition coefficient (Wildman–Crippen LogP) is 2.69. The van der Waals surface area contributed by atoms with Crippen molar-refractivity contribution in [3.05, 3.63) is 41.8 Å². The summed E-state index contributed by atoms with van der Waals surface area (Å²) < 4.78 is 51.9.